The lowest BCUT2D eigenvalue weighted by Crippen LogP contribution is -2.31. The molecule has 1 saturated heterocycles. The molecule has 2 amide bonds. The molecule has 0 saturated carbocycles. The molecule has 1 atom stereocenters. The summed E-state index contributed by atoms with van der Waals surface area (Å²) in [6.07, 6.45) is 0.0953. The van der Waals surface area contributed by atoms with E-state index in [2.05, 4.69) is 27.0 Å². The number of imide groups is 1. The van der Waals surface area contributed by atoms with Gasteiger partial charge < -0.3 is 0 Å². The first kappa shape index (κ1) is 18.6. The van der Waals surface area contributed by atoms with Gasteiger partial charge in [-0.25, -0.2) is 9.88 Å². The molecule has 0 N–H and O–H groups in total. The van der Waals surface area contributed by atoms with Crippen LogP contribution >= 0.6 is 27.7 Å². The van der Waals surface area contributed by atoms with Crippen LogP contribution in [0, 0.1) is 32.1 Å². The number of carbonyl (C=O) groups excluding carboxylic acids is 2. The van der Waals surface area contributed by atoms with E-state index in [1.54, 1.807) is 24.3 Å². The maximum absolute atomic E-state index is 12.8. The van der Waals surface area contributed by atoms with E-state index < -0.39 is 5.25 Å². The van der Waals surface area contributed by atoms with Gasteiger partial charge in [0, 0.05) is 16.6 Å². The van der Waals surface area contributed by atoms with Crippen molar-refractivity contribution in [2.75, 3.05) is 4.90 Å². The third-order valence-corrected chi connectivity index (χ3v) is 6.22. The molecular formula is C19H16BrN3O2S. The number of halogens is 1. The minimum atomic E-state index is -0.577. The SMILES string of the molecule is Cc1nc(SC2CC(=O)N(c3ccc(Br)cc3)C2=O)c(C#N)c(C)c1C. The van der Waals surface area contributed by atoms with Crippen LogP contribution in [0.5, 0.6) is 0 Å². The van der Waals surface area contributed by atoms with Gasteiger partial charge in [-0.2, -0.15) is 5.26 Å². The van der Waals surface area contributed by atoms with E-state index in [1.807, 2.05) is 20.8 Å². The van der Waals surface area contributed by atoms with Crippen LogP contribution in [-0.4, -0.2) is 22.0 Å². The van der Waals surface area contributed by atoms with E-state index in [0.29, 0.717) is 16.3 Å². The van der Waals surface area contributed by atoms with E-state index in [0.717, 1.165) is 21.3 Å². The first-order valence-electron chi connectivity index (χ1n) is 8.00. The summed E-state index contributed by atoms with van der Waals surface area (Å²) >= 11 is 4.54. The van der Waals surface area contributed by atoms with Crippen LogP contribution in [0.15, 0.2) is 33.8 Å². The van der Waals surface area contributed by atoms with E-state index in [9.17, 15) is 14.9 Å². The average Bonchev–Trinajstić information content (AvgIpc) is 2.88. The number of benzene rings is 1. The number of aromatic nitrogens is 1. The second-order valence-electron chi connectivity index (χ2n) is 6.09. The van der Waals surface area contributed by atoms with Crippen LogP contribution in [0.25, 0.3) is 0 Å². The highest BCUT2D eigenvalue weighted by Crippen LogP contribution is 2.36. The number of nitriles is 1. The zero-order chi connectivity index (χ0) is 19.0. The van der Waals surface area contributed by atoms with Crippen molar-refractivity contribution in [1.82, 2.24) is 4.98 Å². The number of rotatable bonds is 3. The van der Waals surface area contributed by atoms with Crippen molar-refractivity contribution < 1.29 is 9.59 Å². The first-order chi connectivity index (χ1) is 12.3. The molecule has 1 fully saturated rings. The summed E-state index contributed by atoms with van der Waals surface area (Å²) in [5.74, 6) is -0.516. The highest BCUT2D eigenvalue weighted by molar-refractivity contribution is 9.10. The summed E-state index contributed by atoms with van der Waals surface area (Å²) in [6, 6.07) is 9.22. The molecule has 0 aliphatic carbocycles. The summed E-state index contributed by atoms with van der Waals surface area (Å²) in [5.41, 5.74) is 3.68. The minimum absolute atomic E-state index is 0.0953. The number of amides is 2. The number of hydrogen-bond acceptors (Lipinski definition) is 5. The van der Waals surface area contributed by atoms with Crippen molar-refractivity contribution in [1.29, 1.82) is 5.26 Å². The van der Waals surface area contributed by atoms with E-state index in [4.69, 9.17) is 0 Å². The Hall–Kier alpha value is -2.17. The van der Waals surface area contributed by atoms with Gasteiger partial charge in [0.25, 0.3) is 0 Å². The third-order valence-electron chi connectivity index (χ3n) is 4.52. The summed E-state index contributed by atoms with van der Waals surface area (Å²) < 4.78 is 0.875. The van der Waals surface area contributed by atoms with E-state index in [-0.39, 0.29) is 18.2 Å². The number of pyridine rings is 1. The highest BCUT2D eigenvalue weighted by atomic mass is 79.9. The zero-order valence-corrected chi connectivity index (χ0v) is 16.9. The van der Waals surface area contributed by atoms with Gasteiger partial charge in [-0.15, -0.1) is 0 Å². The molecule has 1 aliphatic rings. The summed E-state index contributed by atoms with van der Waals surface area (Å²) in [7, 11) is 0. The molecule has 3 rings (SSSR count). The largest absolute Gasteiger partial charge is 0.274 e. The number of aryl methyl sites for hydroxylation is 1. The van der Waals surface area contributed by atoms with Crippen LogP contribution in [0.3, 0.4) is 0 Å². The normalized spacial score (nSPS) is 16.9. The van der Waals surface area contributed by atoms with Gasteiger partial charge in [-0.05, 0) is 56.2 Å². The van der Waals surface area contributed by atoms with Gasteiger partial charge in [0.15, 0.2) is 0 Å². The second kappa shape index (κ2) is 7.22. The van der Waals surface area contributed by atoms with Crippen LogP contribution in [0.4, 0.5) is 5.69 Å². The highest BCUT2D eigenvalue weighted by Gasteiger charge is 2.40. The lowest BCUT2D eigenvalue weighted by Gasteiger charge is -2.16. The molecule has 2 aromatic rings. The van der Waals surface area contributed by atoms with Crippen molar-refractivity contribution >= 4 is 45.2 Å². The molecule has 7 heteroatoms. The van der Waals surface area contributed by atoms with Crippen LogP contribution in [0.2, 0.25) is 0 Å². The Balaban J connectivity index is 1.91. The molecular weight excluding hydrogens is 414 g/mol. The number of hydrogen-bond donors (Lipinski definition) is 0. The fourth-order valence-corrected chi connectivity index (χ4v) is 4.29. The molecule has 2 heterocycles. The fourth-order valence-electron chi connectivity index (χ4n) is 2.82. The molecule has 1 aromatic heterocycles. The lowest BCUT2D eigenvalue weighted by atomic mass is 10.1. The molecule has 0 spiro atoms. The summed E-state index contributed by atoms with van der Waals surface area (Å²) in [5, 5.41) is 9.43. The first-order valence-corrected chi connectivity index (χ1v) is 9.67. The van der Waals surface area contributed by atoms with Gasteiger partial charge >= 0.3 is 0 Å². The Bertz CT molecular complexity index is 951. The van der Waals surface area contributed by atoms with Crippen LogP contribution < -0.4 is 4.90 Å². The smallest absolute Gasteiger partial charge is 0.247 e. The second-order valence-corrected chi connectivity index (χ2v) is 8.20. The topological polar surface area (TPSA) is 74.1 Å². The van der Waals surface area contributed by atoms with Crippen LogP contribution in [-0.2, 0) is 9.59 Å². The van der Waals surface area contributed by atoms with Crippen molar-refractivity contribution in [3.8, 4) is 6.07 Å². The van der Waals surface area contributed by atoms with Gasteiger partial charge in [-0.1, -0.05) is 27.7 Å². The summed E-state index contributed by atoms with van der Waals surface area (Å²) in [6.45, 7) is 5.68. The molecule has 1 aromatic carbocycles. The number of nitrogens with zero attached hydrogens (tertiary/aromatic N) is 3. The molecule has 5 nitrogen and oxygen atoms in total. The maximum Gasteiger partial charge on any atom is 0.247 e. The number of thioether (sulfide) groups is 1. The van der Waals surface area contributed by atoms with Gasteiger partial charge in [-0.3, -0.25) is 9.59 Å². The Morgan fingerprint density at radius 3 is 2.46 bits per heavy atom. The van der Waals surface area contributed by atoms with Crippen molar-refractivity contribution in [3.63, 3.8) is 0 Å². The maximum atomic E-state index is 12.8. The Morgan fingerprint density at radius 1 is 1.19 bits per heavy atom. The molecule has 1 unspecified atom stereocenters. The minimum Gasteiger partial charge on any atom is -0.274 e. The monoisotopic (exact) mass is 429 g/mol. The van der Waals surface area contributed by atoms with E-state index >= 15 is 0 Å². The Kier molecular flexibility index (Phi) is 5.17. The van der Waals surface area contributed by atoms with Gasteiger partial charge in [0.05, 0.1) is 16.5 Å². The van der Waals surface area contributed by atoms with Crippen molar-refractivity contribution in [2.24, 2.45) is 0 Å². The van der Waals surface area contributed by atoms with E-state index in [1.165, 1.54) is 16.7 Å². The van der Waals surface area contributed by atoms with Gasteiger partial charge in [0.2, 0.25) is 11.8 Å². The number of carbonyl (C=O) groups is 2. The molecule has 0 radical (unpaired) electrons. The lowest BCUT2D eigenvalue weighted by molar-refractivity contribution is -0.121. The molecule has 132 valence electrons. The molecule has 1 aliphatic heterocycles. The van der Waals surface area contributed by atoms with Gasteiger partial charge in [0.1, 0.15) is 11.1 Å². The van der Waals surface area contributed by atoms with Crippen molar-refractivity contribution in [3.05, 3.63) is 51.1 Å². The fraction of sp³-hybridized carbons (Fsp3) is 0.263. The summed E-state index contributed by atoms with van der Waals surface area (Å²) in [4.78, 5) is 30.9. The predicted octanol–water partition coefficient (Wildman–Crippen LogP) is 4.07. The van der Waals surface area contributed by atoms with Crippen LogP contribution in [0.1, 0.15) is 28.8 Å². The van der Waals surface area contributed by atoms with Crippen molar-refractivity contribution in [2.45, 2.75) is 37.5 Å². The third kappa shape index (κ3) is 3.27. The zero-order valence-electron chi connectivity index (χ0n) is 14.5. The average molecular weight is 430 g/mol. The standard InChI is InChI=1S/C19H16BrN3O2S/c1-10-11(2)15(9-21)18(22-12(10)3)26-16-8-17(24)23(19(16)25)14-6-4-13(20)5-7-14/h4-7,16H,8H2,1-3H3. The Labute approximate surface area is 164 Å². The quantitative estimate of drug-likeness (QED) is 0.687. The molecule has 0 bridgehead atoms. The number of anilines is 1. The Morgan fingerprint density at radius 2 is 1.85 bits per heavy atom. The molecule has 26 heavy (non-hydrogen) atoms. The predicted molar refractivity (Wildman–Crippen MR) is 104 cm³/mol.